The molecule has 7 heteroatoms. The molecule has 3 heterocycles. The second kappa shape index (κ2) is 7.98. The van der Waals surface area contributed by atoms with Crippen LogP contribution in [0.3, 0.4) is 0 Å². The maximum atomic E-state index is 13.0. The Morgan fingerprint density at radius 2 is 1.82 bits per heavy atom. The van der Waals surface area contributed by atoms with Gasteiger partial charge in [0.2, 0.25) is 0 Å². The topological polar surface area (TPSA) is 58.6 Å². The number of nitrogens with zero attached hydrogens (tertiary/aromatic N) is 4. The van der Waals surface area contributed by atoms with Gasteiger partial charge in [-0.15, -0.1) is 11.3 Å². The molecule has 1 saturated heterocycles. The van der Waals surface area contributed by atoms with Crippen molar-refractivity contribution in [2.24, 2.45) is 0 Å². The number of carbonyl (C=O) groups is 1. The van der Waals surface area contributed by atoms with E-state index in [1.807, 2.05) is 42.2 Å². The lowest BCUT2D eigenvalue weighted by atomic mass is 10.2. The molecule has 1 fully saturated rings. The minimum Gasteiger partial charge on any atom is -0.497 e. The Bertz CT molecular complexity index is 948. The second-order valence-corrected chi connectivity index (χ2v) is 7.62. The van der Waals surface area contributed by atoms with Crippen LogP contribution in [0, 0.1) is 6.92 Å². The third-order valence-electron chi connectivity index (χ3n) is 4.88. The Morgan fingerprint density at radius 1 is 1.07 bits per heavy atom. The van der Waals surface area contributed by atoms with E-state index in [2.05, 4.69) is 27.0 Å². The number of anilines is 1. The van der Waals surface area contributed by atoms with E-state index in [0.29, 0.717) is 18.0 Å². The van der Waals surface area contributed by atoms with Crippen molar-refractivity contribution in [3.63, 3.8) is 0 Å². The van der Waals surface area contributed by atoms with E-state index in [1.54, 1.807) is 13.3 Å². The number of hydrogen-bond donors (Lipinski definition) is 0. The molecule has 28 heavy (non-hydrogen) atoms. The average Bonchev–Trinajstić information content (AvgIpc) is 3.16. The largest absolute Gasteiger partial charge is 0.497 e. The Kier molecular flexibility index (Phi) is 5.25. The van der Waals surface area contributed by atoms with Crippen molar-refractivity contribution >= 4 is 22.9 Å². The predicted molar refractivity (Wildman–Crippen MR) is 111 cm³/mol. The SMILES string of the molecule is COc1ccc(N2CCN(C(=O)c3sc(-c4ccccn4)nc3C)CC2)cc1. The van der Waals surface area contributed by atoms with Gasteiger partial charge in [-0.25, -0.2) is 4.98 Å². The minimum atomic E-state index is 0.0616. The van der Waals surface area contributed by atoms with E-state index < -0.39 is 0 Å². The molecule has 144 valence electrons. The number of rotatable bonds is 4. The third kappa shape index (κ3) is 3.71. The lowest BCUT2D eigenvalue weighted by Crippen LogP contribution is -2.48. The molecule has 0 spiro atoms. The number of benzene rings is 1. The number of piperazine rings is 1. The normalized spacial score (nSPS) is 14.2. The summed E-state index contributed by atoms with van der Waals surface area (Å²) in [7, 11) is 1.67. The molecule has 0 radical (unpaired) electrons. The van der Waals surface area contributed by atoms with Gasteiger partial charge in [0.15, 0.2) is 0 Å². The van der Waals surface area contributed by atoms with Gasteiger partial charge in [0.25, 0.3) is 5.91 Å². The van der Waals surface area contributed by atoms with Gasteiger partial charge in [0.1, 0.15) is 15.6 Å². The molecule has 1 aliphatic heterocycles. The third-order valence-corrected chi connectivity index (χ3v) is 6.05. The van der Waals surface area contributed by atoms with Gasteiger partial charge in [-0.1, -0.05) is 6.07 Å². The summed E-state index contributed by atoms with van der Waals surface area (Å²) < 4.78 is 5.22. The molecule has 1 aromatic carbocycles. The summed E-state index contributed by atoms with van der Waals surface area (Å²) in [4.78, 5) is 26.9. The molecule has 0 aliphatic carbocycles. The maximum absolute atomic E-state index is 13.0. The molecule has 0 saturated carbocycles. The highest BCUT2D eigenvalue weighted by molar-refractivity contribution is 7.17. The van der Waals surface area contributed by atoms with E-state index in [1.165, 1.54) is 11.3 Å². The lowest BCUT2D eigenvalue weighted by Gasteiger charge is -2.36. The molecule has 4 rings (SSSR count). The number of ether oxygens (including phenoxy) is 1. The summed E-state index contributed by atoms with van der Waals surface area (Å²) in [6.45, 7) is 4.90. The fraction of sp³-hybridized carbons (Fsp3) is 0.286. The number of thiazole rings is 1. The molecule has 3 aromatic rings. The van der Waals surface area contributed by atoms with Gasteiger partial charge in [0, 0.05) is 38.1 Å². The van der Waals surface area contributed by atoms with Gasteiger partial charge >= 0.3 is 0 Å². The van der Waals surface area contributed by atoms with Crippen LogP contribution < -0.4 is 9.64 Å². The number of pyridine rings is 1. The Hall–Kier alpha value is -2.93. The molecule has 0 unspecified atom stereocenters. The highest BCUT2D eigenvalue weighted by Crippen LogP contribution is 2.28. The van der Waals surface area contributed by atoms with Crippen LogP contribution >= 0.6 is 11.3 Å². The van der Waals surface area contributed by atoms with E-state index in [0.717, 1.165) is 40.9 Å². The van der Waals surface area contributed by atoms with Crippen molar-refractivity contribution in [3.05, 3.63) is 59.2 Å². The Morgan fingerprint density at radius 3 is 2.46 bits per heavy atom. The molecular formula is C21H22N4O2S. The van der Waals surface area contributed by atoms with Gasteiger partial charge in [-0.3, -0.25) is 9.78 Å². The summed E-state index contributed by atoms with van der Waals surface area (Å²) >= 11 is 1.42. The molecule has 1 amide bonds. The minimum absolute atomic E-state index is 0.0616. The summed E-state index contributed by atoms with van der Waals surface area (Å²) in [5, 5.41) is 0.790. The second-order valence-electron chi connectivity index (χ2n) is 6.63. The molecule has 2 aromatic heterocycles. The molecule has 0 bridgehead atoms. The fourth-order valence-electron chi connectivity index (χ4n) is 3.30. The predicted octanol–water partition coefficient (Wildman–Crippen LogP) is 3.48. The fourth-order valence-corrected chi connectivity index (χ4v) is 4.31. The van der Waals surface area contributed by atoms with Crippen molar-refractivity contribution in [2.75, 3.05) is 38.2 Å². The molecular weight excluding hydrogens is 372 g/mol. The van der Waals surface area contributed by atoms with Crippen molar-refractivity contribution < 1.29 is 9.53 Å². The first kappa shape index (κ1) is 18.4. The van der Waals surface area contributed by atoms with Gasteiger partial charge in [-0.05, 0) is 43.3 Å². The van der Waals surface area contributed by atoms with Crippen LogP contribution in [0.5, 0.6) is 5.75 Å². The van der Waals surface area contributed by atoms with Crippen LogP contribution in [-0.4, -0.2) is 54.1 Å². The van der Waals surface area contributed by atoms with Crippen molar-refractivity contribution in [3.8, 4) is 16.5 Å². The number of hydrogen-bond acceptors (Lipinski definition) is 6. The first-order valence-corrected chi connectivity index (χ1v) is 10.0. The molecule has 1 aliphatic rings. The van der Waals surface area contributed by atoms with Crippen LogP contribution in [0.1, 0.15) is 15.4 Å². The van der Waals surface area contributed by atoms with E-state index in [-0.39, 0.29) is 5.91 Å². The van der Waals surface area contributed by atoms with Crippen LogP contribution in [-0.2, 0) is 0 Å². The van der Waals surface area contributed by atoms with Crippen molar-refractivity contribution in [1.82, 2.24) is 14.9 Å². The zero-order chi connectivity index (χ0) is 19.5. The number of aryl methyl sites for hydroxylation is 1. The summed E-state index contributed by atoms with van der Waals surface area (Å²) in [5.41, 5.74) is 2.73. The van der Waals surface area contributed by atoms with Gasteiger partial charge in [0.05, 0.1) is 18.5 Å². The first-order chi connectivity index (χ1) is 13.7. The number of amides is 1. The molecule has 6 nitrogen and oxygen atoms in total. The van der Waals surface area contributed by atoms with Crippen LogP contribution in [0.25, 0.3) is 10.7 Å². The average molecular weight is 395 g/mol. The highest BCUT2D eigenvalue weighted by Gasteiger charge is 2.26. The van der Waals surface area contributed by atoms with Gasteiger partial charge < -0.3 is 14.5 Å². The monoisotopic (exact) mass is 394 g/mol. The number of aromatic nitrogens is 2. The van der Waals surface area contributed by atoms with Gasteiger partial charge in [-0.2, -0.15) is 0 Å². The van der Waals surface area contributed by atoms with Crippen molar-refractivity contribution in [2.45, 2.75) is 6.92 Å². The smallest absolute Gasteiger partial charge is 0.265 e. The van der Waals surface area contributed by atoms with E-state index >= 15 is 0 Å². The Labute approximate surface area is 168 Å². The standard InChI is InChI=1S/C21H22N4O2S/c1-15-19(28-20(23-15)18-5-3-4-10-22-18)21(26)25-13-11-24(12-14-25)16-6-8-17(27-2)9-7-16/h3-10H,11-14H2,1-2H3. The van der Waals surface area contributed by atoms with Crippen LogP contribution in [0.2, 0.25) is 0 Å². The molecule has 0 atom stereocenters. The van der Waals surface area contributed by atoms with Crippen molar-refractivity contribution in [1.29, 1.82) is 0 Å². The zero-order valence-electron chi connectivity index (χ0n) is 16.0. The van der Waals surface area contributed by atoms with Crippen LogP contribution in [0.15, 0.2) is 48.7 Å². The van der Waals surface area contributed by atoms with E-state index in [4.69, 9.17) is 4.74 Å². The van der Waals surface area contributed by atoms with E-state index in [9.17, 15) is 4.79 Å². The maximum Gasteiger partial charge on any atom is 0.265 e. The quantitative estimate of drug-likeness (QED) is 0.678. The zero-order valence-corrected chi connectivity index (χ0v) is 16.8. The summed E-state index contributed by atoms with van der Waals surface area (Å²) in [6.07, 6.45) is 1.74. The highest BCUT2D eigenvalue weighted by atomic mass is 32.1. The van der Waals surface area contributed by atoms with Crippen LogP contribution in [0.4, 0.5) is 5.69 Å². The summed E-state index contributed by atoms with van der Waals surface area (Å²) in [6, 6.07) is 13.8. The number of carbonyl (C=O) groups excluding carboxylic acids is 1. The number of methoxy groups -OCH3 is 1. The lowest BCUT2D eigenvalue weighted by molar-refractivity contribution is 0.0750. The molecule has 0 N–H and O–H groups in total. The first-order valence-electron chi connectivity index (χ1n) is 9.23. The Balaban J connectivity index is 1.43. The summed E-state index contributed by atoms with van der Waals surface area (Å²) in [5.74, 6) is 0.911.